The monoisotopic (exact) mass is 438 g/mol. The van der Waals surface area contributed by atoms with E-state index in [2.05, 4.69) is 9.97 Å². The summed E-state index contributed by atoms with van der Waals surface area (Å²) in [5, 5.41) is 0.722. The molecule has 0 saturated carbocycles. The quantitative estimate of drug-likeness (QED) is 0.554. The van der Waals surface area contributed by atoms with Gasteiger partial charge in [0.05, 0.1) is 18.7 Å². The Morgan fingerprint density at radius 1 is 1.23 bits per heavy atom. The highest BCUT2D eigenvalue weighted by atomic mass is 35.5. The lowest BCUT2D eigenvalue weighted by Gasteiger charge is -2.32. The van der Waals surface area contributed by atoms with Crippen molar-refractivity contribution >= 4 is 17.5 Å². The molecule has 1 saturated heterocycles. The highest BCUT2D eigenvalue weighted by molar-refractivity contribution is 6.30. The third-order valence-electron chi connectivity index (χ3n) is 5.57. The molecule has 1 amide bonds. The van der Waals surface area contributed by atoms with Crippen LogP contribution in [0.25, 0.3) is 0 Å². The van der Waals surface area contributed by atoms with E-state index in [-0.39, 0.29) is 11.8 Å². The fourth-order valence-corrected chi connectivity index (χ4v) is 4.12. The topological polar surface area (TPSA) is 62.5 Å². The van der Waals surface area contributed by atoms with E-state index >= 15 is 0 Å². The Balaban J connectivity index is 1.32. The number of likely N-dealkylation sites (N-methyl/N-ethyl adjacent to an activating group) is 1. The molecule has 0 unspecified atom stereocenters. The van der Waals surface area contributed by atoms with Crippen LogP contribution in [0.3, 0.4) is 0 Å². The van der Waals surface area contributed by atoms with Gasteiger partial charge in [-0.2, -0.15) is 0 Å². The zero-order valence-corrected chi connectivity index (χ0v) is 18.5. The SMILES string of the molecule is CN(CC(=O)N1CCC[C@@H](c2ncc(Cc3ccc(Cl)cc3)o2)C1)Cc1cccnc1. The average Bonchev–Trinajstić information content (AvgIpc) is 3.24. The first-order valence-corrected chi connectivity index (χ1v) is 11.0. The maximum absolute atomic E-state index is 12.9. The van der Waals surface area contributed by atoms with Crippen molar-refractivity contribution in [2.75, 3.05) is 26.7 Å². The van der Waals surface area contributed by atoms with Gasteiger partial charge in [0.15, 0.2) is 5.89 Å². The largest absolute Gasteiger partial charge is 0.445 e. The fraction of sp³-hybridized carbons (Fsp3) is 0.375. The van der Waals surface area contributed by atoms with Crippen molar-refractivity contribution in [1.29, 1.82) is 0 Å². The van der Waals surface area contributed by atoms with Crippen molar-refractivity contribution in [2.45, 2.75) is 31.7 Å². The maximum atomic E-state index is 12.9. The molecule has 3 aromatic rings. The Morgan fingerprint density at radius 3 is 2.84 bits per heavy atom. The van der Waals surface area contributed by atoms with Crippen molar-refractivity contribution in [3.8, 4) is 0 Å². The minimum absolute atomic E-state index is 0.139. The molecule has 0 radical (unpaired) electrons. The molecule has 6 nitrogen and oxygen atoms in total. The maximum Gasteiger partial charge on any atom is 0.236 e. The third-order valence-corrected chi connectivity index (χ3v) is 5.82. The van der Waals surface area contributed by atoms with Crippen LogP contribution in [0.1, 0.15) is 41.5 Å². The Morgan fingerprint density at radius 2 is 2.06 bits per heavy atom. The molecule has 0 spiro atoms. The Labute approximate surface area is 187 Å². The number of carbonyl (C=O) groups is 1. The predicted molar refractivity (Wildman–Crippen MR) is 120 cm³/mol. The number of pyridine rings is 1. The summed E-state index contributed by atoms with van der Waals surface area (Å²) in [4.78, 5) is 25.5. The van der Waals surface area contributed by atoms with Crippen LogP contribution in [0, 0.1) is 0 Å². The van der Waals surface area contributed by atoms with Crippen LogP contribution in [0.4, 0.5) is 0 Å². The Bertz CT molecular complexity index is 990. The molecule has 1 aliphatic rings. The van der Waals surface area contributed by atoms with Crippen LogP contribution >= 0.6 is 11.6 Å². The molecule has 1 aromatic carbocycles. The number of likely N-dealkylation sites (tertiary alicyclic amines) is 1. The molecule has 1 aliphatic heterocycles. The van der Waals surface area contributed by atoms with Crippen molar-refractivity contribution in [2.24, 2.45) is 0 Å². The summed E-state index contributed by atoms with van der Waals surface area (Å²) < 4.78 is 6.05. The van der Waals surface area contributed by atoms with Crippen molar-refractivity contribution < 1.29 is 9.21 Å². The zero-order chi connectivity index (χ0) is 21.6. The van der Waals surface area contributed by atoms with E-state index in [1.165, 1.54) is 0 Å². The summed E-state index contributed by atoms with van der Waals surface area (Å²) >= 11 is 5.96. The zero-order valence-electron chi connectivity index (χ0n) is 17.7. The molecule has 0 aliphatic carbocycles. The minimum atomic E-state index is 0.139. The number of nitrogens with zero attached hydrogens (tertiary/aromatic N) is 4. The molecule has 0 bridgehead atoms. The molecular formula is C24H27ClN4O2. The number of rotatable bonds is 7. The Hall–Kier alpha value is -2.70. The molecular weight excluding hydrogens is 412 g/mol. The van der Waals surface area contributed by atoms with Gasteiger partial charge >= 0.3 is 0 Å². The van der Waals surface area contributed by atoms with Crippen LogP contribution < -0.4 is 0 Å². The number of halogens is 1. The number of benzene rings is 1. The van der Waals surface area contributed by atoms with Gasteiger partial charge in [-0.15, -0.1) is 0 Å². The lowest BCUT2D eigenvalue weighted by molar-refractivity contribution is -0.133. The van der Waals surface area contributed by atoms with E-state index < -0.39 is 0 Å². The van der Waals surface area contributed by atoms with Gasteiger partial charge in [0.25, 0.3) is 0 Å². The smallest absolute Gasteiger partial charge is 0.236 e. The van der Waals surface area contributed by atoms with Crippen LogP contribution in [0.15, 0.2) is 59.4 Å². The molecule has 7 heteroatoms. The van der Waals surface area contributed by atoms with E-state index in [4.69, 9.17) is 16.0 Å². The second-order valence-electron chi connectivity index (χ2n) is 8.18. The predicted octanol–water partition coefficient (Wildman–Crippen LogP) is 4.15. The summed E-state index contributed by atoms with van der Waals surface area (Å²) in [7, 11) is 1.96. The summed E-state index contributed by atoms with van der Waals surface area (Å²) in [6.07, 6.45) is 8.01. The summed E-state index contributed by atoms with van der Waals surface area (Å²) in [6.45, 7) is 2.52. The van der Waals surface area contributed by atoms with E-state index in [1.54, 1.807) is 12.4 Å². The second kappa shape index (κ2) is 10.1. The van der Waals surface area contributed by atoms with Crippen molar-refractivity contribution in [1.82, 2.24) is 19.8 Å². The average molecular weight is 439 g/mol. The number of hydrogen-bond donors (Lipinski definition) is 0. The van der Waals surface area contributed by atoms with Gasteiger partial charge < -0.3 is 9.32 Å². The second-order valence-corrected chi connectivity index (χ2v) is 8.62. The normalized spacial score (nSPS) is 16.6. The van der Waals surface area contributed by atoms with Crippen LogP contribution in [0.5, 0.6) is 0 Å². The van der Waals surface area contributed by atoms with Gasteiger partial charge in [-0.05, 0) is 49.2 Å². The number of carbonyl (C=O) groups excluding carboxylic acids is 1. The van der Waals surface area contributed by atoms with Crippen LogP contribution in [0.2, 0.25) is 5.02 Å². The number of oxazole rings is 1. The first-order valence-electron chi connectivity index (χ1n) is 10.6. The summed E-state index contributed by atoms with van der Waals surface area (Å²) in [5.41, 5.74) is 2.23. The number of aromatic nitrogens is 2. The number of piperidine rings is 1. The van der Waals surface area contributed by atoms with Gasteiger partial charge in [-0.25, -0.2) is 4.98 Å². The van der Waals surface area contributed by atoms with Gasteiger partial charge in [-0.1, -0.05) is 29.8 Å². The first kappa shape index (κ1) is 21.5. The van der Waals surface area contributed by atoms with Crippen LogP contribution in [-0.2, 0) is 17.8 Å². The molecule has 162 valence electrons. The van der Waals surface area contributed by atoms with E-state index in [1.807, 2.05) is 59.4 Å². The van der Waals surface area contributed by atoms with Gasteiger partial charge in [0, 0.05) is 43.5 Å². The number of amides is 1. The van der Waals surface area contributed by atoms with Crippen LogP contribution in [-0.4, -0.2) is 52.4 Å². The van der Waals surface area contributed by atoms with Crippen molar-refractivity contribution in [3.05, 3.63) is 82.8 Å². The lowest BCUT2D eigenvalue weighted by Crippen LogP contribution is -2.43. The molecule has 3 heterocycles. The molecule has 31 heavy (non-hydrogen) atoms. The van der Waals surface area contributed by atoms with Gasteiger partial charge in [0.1, 0.15) is 5.76 Å². The fourth-order valence-electron chi connectivity index (χ4n) is 3.99. The number of hydrogen-bond acceptors (Lipinski definition) is 5. The van der Waals surface area contributed by atoms with E-state index in [0.29, 0.717) is 26.1 Å². The molecule has 0 N–H and O–H groups in total. The summed E-state index contributed by atoms with van der Waals surface area (Å²) in [5.74, 6) is 1.84. The molecule has 4 rings (SSSR count). The highest BCUT2D eigenvalue weighted by Gasteiger charge is 2.28. The molecule has 1 atom stereocenters. The Kier molecular flexibility index (Phi) is 6.99. The lowest BCUT2D eigenvalue weighted by atomic mass is 9.98. The first-order chi connectivity index (χ1) is 15.1. The van der Waals surface area contributed by atoms with E-state index in [9.17, 15) is 4.79 Å². The third kappa shape index (κ3) is 5.93. The van der Waals surface area contributed by atoms with E-state index in [0.717, 1.165) is 47.2 Å². The van der Waals surface area contributed by atoms with Crippen molar-refractivity contribution in [3.63, 3.8) is 0 Å². The van der Waals surface area contributed by atoms with Gasteiger partial charge in [-0.3, -0.25) is 14.7 Å². The standard InChI is InChI=1S/C24H27ClN4O2/c1-28(15-19-4-2-10-26-13-19)17-23(30)29-11-3-5-20(16-29)24-27-14-22(31-24)12-18-6-8-21(25)9-7-18/h2,4,6-10,13-14,20H,3,5,11-12,15-17H2,1H3/t20-/m1/s1. The van der Waals surface area contributed by atoms with Gasteiger partial charge in [0.2, 0.25) is 5.91 Å². The minimum Gasteiger partial charge on any atom is -0.445 e. The highest BCUT2D eigenvalue weighted by Crippen LogP contribution is 2.27. The molecule has 1 fully saturated rings. The molecule has 2 aromatic heterocycles. The summed E-state index contributed by atoms with van der Waals surface area (Å²) in [6, 6.07) is 11.7.